The van der Waals surface area contributed by atoms with Gasteiger partial charge in [-0.2, -0.15) is 13.2 Å². The second-order valence-electron chi connectivity index (χ2n) is 3.41. The van der Waals surface area contributed by atoms with Crippen LogP contribution in [0.4, 0.5) is 13.2 Å². The first kappa shape index (κ1) is 11.3. The summed E-state index contributed by atoms with van der Waals surface area (Å²) in [6.07, 6.45) is -7.00. The number of ether oxygens (including phenoxy) is 1. The minimum absolute atomic E-state index is 0.147. The summed E-state index contributed by atoms with van der Waals surface area (Å²) in [5, 5.41) is 8.57. The Morgan fingerprint density at radius 2 is 2.07 bits per heavy atom. The SMILES string of the molecule is C[C@H](C(=O)O)C1CCC(C(F)(F)F)O1. The average molecular weight is 212 g/mol. The first-order valence-electron chi connectivity index (χ1n) is 4.27. The third-order valence-corrected chi connectivity index (χ3v) is 2.36. The van der Waals surface area contributed by atoms with Crippen LogP contribution in [0.25, 0.3) is 0 Å². The van der Waals surface area contributed by atoms with Gasteiger partial charge in [-0.05, 0) is 19.8 Å². The quantitative estimate of drug-likeness (QED) is 0.759. The molecule has 0 aliphatic carbocycles. The van der Waals surface area contributed by atoms with Crippen LogP contribution < -0.4 is 0 Å². The number of carboxylic acid groups (broad SMARTS) is 1. The van der Waals surface area contributed by atoms with Crippen LogP contribution >= 0.6 is 0 Å². The normalized spacial score (nSPS) is 30.3. The standard InChI is InChI=1S/C8H11F3O3/c1-4(7(12)13)5-2-3-6(14-5)8(9,10)11/h4-6H,2-3H2,1H3,(H,12,13)/t4-,5?,6?/m0/s1. The van der Waals surface area contributed by atoms with E-state index >= 15 is 0 Å². The van der Waals surface area contributed by atoms with Crippen molar-refractivity contribution in [3.05, 3.63) is 0 Å². The highest BCUT2D eigenvalue weighted by atomic mass is 19.4. The van der Waals surface area contributed by atoms with E-state index in [4.69, 9.17) is 5.11 Å². The van der Waals surface area contributed by atoms with Gasteiger partial charge in [0.15, 0.2) is 6.10 Å². The largest absolute Gasteiger partial charge is 0.481 e. The van der Waals surface area contributed by atoms with E-state index in [1.165, 1.54) is 6.92 Å². The number of hydrogen-bond donors (Lipinski definition) is 1. The molecule has 1 aliphatic heterocycles. The molecule has 1 heterocycles. The Morgan fingerprint density at radius 3 is 2.43 bits per heavy atom. The molecule has 0 bridgehead atoms. The minimum Gasteiger partial charge on any atom is -0.481 e. The van der Waals surface area contributed by atoms with Gasteiger partial charge in [-0.15, -0.1) is 0 Å². The molecule has 6 heteroatoms. The van der Waals surface area contributed by atoms with Gasteiger partial charge in [-0.3, -0.25) is 4.79 Å². The summed E-state index contributed by atoms with van der Waals surface area (Å²) in [5.74, 6) is -2.01. The fraction of sp³-hybridized carbons (Fsp3) is 0.875. The molecule has 1 fully saturated rings. The van der Waals surface area contributed by atoms with Crippen molar-refractivity contribution in [2.75, 3.05) is 0 Å². The van der Waals surface area contributed by atoms with E-state index < -0.39 is 30.3 Å². The summed E-state index contributed by atoms with van der Waals surface area (Å²) in [7, 11) is 0. The lowest BCUT2D eigenvalue weighted by Crippen LogP contribution is -2.32. The number of alkyl halides is 3. The minimum atomic E-state index is -4.38. The van der Waals surface area contributed by atoms with Crippen LogP contribution in [0.3, 0.4) is 0 Å². The van der Waals surface area contributed by atoms with Gasteiger partial charge >= 0.3 is 12.1 Å². The number of carboxylic acids is 1. The summed E-state index contributed by atoms with van der Waals surface area (Å²) in [6.45, 7) is 1.35. The van der Waals surface area contributed by atoms with E-state index in [0.717, 1.165) is 0 Å². The van der Waals surface area contributed by atoms with Crippen molar-refractivity contribution in [3.63, 3.8) is 0 Å². The Balaban J connectivity index is 2.53. The summed E-state index contributed by atoms with van der Waals surface area (Å²) in [6, 6.07) is 0. The molecule has 2 unspecified atom stereocenters. The predicted octanol–water partition coefficient (Wildman–Crippen LogP) is 1.82. The van der Waals surface area contributed by atoms with Crippen LogP contribution in [0, 0.1) is 5.92 Å². The lowest BCUT2D eigenvalue weighted by atomic mass is 10.0. The maximum atomic E-state index is 12.1. The first-order chi connectivity index (χ1) is 6.32. The van der Waals surface area contributed by atoms with Gasteiger partial charge in [-0.25, -0.2) is 0 Å². The van der Waals surface area contributed by atoms with Gasteiger partial charge in [0.1, 0.15) is 0 Å². The van der Waals surface area contributed by atoms with Crippen molar-refractivity contribution in [3.8, 4) is 0 Å². The average Bonchev–Trinajstić information content (AvgIpc) is 2.49. The van der Waals surface area contributed by atoms with Crippen LogP contribution in [0.2, 0.25) is 0 Å². The third kappa shape index (κ3) is 2.37. The van der Waals surface area contributed by atoms with E-state index in [1.54, 1.807) is 0 Å². The van der Waals surface area contributed by atoms with Crippen LogP contribution in [0.1, 0.15) is 19.8 Å². The second kappa shape index (κ2) is 3.76. The summed E-state index contributed by atoms with van der Waals surface area (Å²) < 4.78 is 41.0. The molecule has 0 radical (unpaired) electrons. The highest BCUT2D eigenvalue weighted by Gasteiger charge is 2.47. The highest BCUT2D eigenvalue weighted by molar-refractivity contribution is 5.70. The molecule has 14 heavy (non-hydrogen) atoms. The number of hydrogen-bond acceptors (Lipinski definition) is 2. The van der Waals surface area contributed by atoms with E-state index in [0.29, 0.717) is 0 Å². The van der Waals surface area contributed by atoms with Gasteiger partial charge in [0.25, 0.3) is 0 Å². The highest BCUT2D eigenvalue weighted by Crippen LogP contribution is 2.35. The topological polar surface area (TPSA) is 46.5 Å². The summed E-state index contributed by atoms with van der Waals surface area (Å²) in [5.41, 5.74) is 0. The van der Waals surface area contributed by atoms with E-state index in [2.05, 4.69) is 4.74 Å². The zero-order valence-electron chi connectivity index (χ0n) is 7.54. The van der Waals surface area contributed by atoms with E-state index in [-0.39, 0.29) is 12.8 Å². The first-order valence-corrected chi connectivity index (χ1v) is 4.27. The number of rotatable bonds is 2. The van der Waals surface area contributed by atoms with E-state index in [9.17, 15) is 18.0 Å². The lowest BCUT2D eigenvalue weighted by Gasteiger charge is -2.18. The van der Waals surface area contributed by atoms with Crippen molar-refractivity contribution < 1.29 is 27.8 Å². The molecule has 0 aromatic carbocycles. The second-order valence-corrected chi connectivity index (χ2v) is 3.41. The molecular formula is C8H11F3O3. The molecular weight excluding hydrogens is 201 g/mol. The summed E-state index contributed by atoms with van der Waals surface area (Å²) in [4.78, 5) is 10.5. The van der Waals surface area contributed by atoms with Crippen molar-refractivity contribution >= 4 is 5.97 Å². The molecule has 0 aromatic rings. The molecule has 3 nitrogen and oxygen atoms in total. The molecule has 1 aliphatic rings. The molecule has 0 amide bonds. The maximum Gasteiger partial charge on any atom is 0.414 e. The Morgan fingerprint density at radius 1 is 1.50 bits per heavy atom. The van der Waals surface area contributed by atoms with E-state index in [1.807, 2.05) is 0 Å². The fourth-order valence-corrected chi connectivity index (χ4v) is 1.43. The monoisotopic (exact) mass is 212 g/mol. The smallest absolute Gasteiger partial charge is 0.414 e. The van der Waals surface area contributed by atoms with Gasteiger partial charge in [0, 0.05) is 0 Å². The molecule has 0 saturated carbocycles. The molecule has 82 valence electrons. The van der Waals surface area contributed by atoms with Gasteiger partial charge < -0.3 is 9.84 Å². The van der Waals surface area contributed by atoms with Crippen LogP contribution in [-0.4, -0.2) is 29.5 Å². The third-order valence-electron chi connectivity index (χ3n) is 2.36. The number of aliphatic carboxylic acids is 1. The van der Waals surface area contributed by atoms with Gasteiger partial charge in [0.05, 0.1) is 12.0 Å². The van der Waals surface area contributed by atoms with Crippen molar-refractivity contribution in [2.24, 2.45) is 5.92 Å². The zero-order chi connectivity index (χ0) is 10.9. The summed E-state index contributed by atoms with van der Waals surface area (Å²) >= 11 is 0. The Bertz CT molecular complexity index is 226. The number of halogens is 3. The van der Waals surface area contributed by atoms with Gasteiger partial charge in [0.2, 0.25) is 0 Å². The molecule has 1 N–H and O–H groups in total. The molecule has 0 aromatic heterocycles. The van der Waals surface area contributed by atoms with Crippen molar-refractivity contribution in [1.82, 2.24) is 0 Å². The van der Waals surface area contributed by atoms with Crippen molar-refractivity contribution in [1.29, 1.82) is 0 Å². The van der Waals surface area contributed by atoms with Gasteiger partial charge in [-0.1, -0.05) is 0 Å². The molecule has 1 saturated heterocycles. The fourth-order valence-electron chi connectivity index (χ4n) is 1.43. The van der Waals surface area contributed by atoms with Crippen LogP contribution in [0.5, 0.6) is 0 Å². The molecule has 3 atom stereocenters. The maximum absolute atomic E-state index is 12.1. The molecule has 0 spiro atoms. The number of carbonyl (C=O) groups is 1. The van der Waals surface area contributed by atoms with Crippen molar-refractivity contribution in [2.45, 2.75) is 38.1 Å². The Kier molecular flexibility index (Phi) is 3.04. The van der Waals surface area contributed by atoms with Crippen LogP contribution in [-0.2, 0) is 9.53 Å². The lowest BCUT2D eigenvalue weighted by molar-refractivity contribution is -0.218. The Labute approximate surface area is 78.9 Å². The Hall–Kier alpha value is -0.780. The zero-order valence-corrected chi connectivity index (χ0v) is 7.54. The molecule has 1 rings (SSSR count). The predicted molar refractivity (Wildman–Crippen MR) is 40.7 cm³/mol. The van der Waals surface area contributed by atoms with Crippen LogP contribution in [0.15, 0.2) is 0 Å².